The summed E-state index contributed by atoms with van der Waals surface area (Å²) in [4.78, 5) is 22.3. The molecule has 4 aromatic rings. The maximum absolute atomic E-state index is 12.4. The highest BCUT2D eigenvalue weighted by Gasteiger charge is 2.18. The van der Waals surface area contributed by atoms with Crippen LogP contribution in [0.25, 0.3) is 21.1 Å². The van der Waals surface area contributed by atoms with Crippen LogP contribution in [0.15, 0.2) is 35.8 Å². The molecule has 0 unspecified atom stereocenters. The number of thiophene rings is 1. The largest absolute Gasteiger partial charge is 0.497 e. The standard InChI is InChI=1S/C16H12N4O2S2/c1-22-9-3-2-8-6-10-12(17)13(24-15(10)19-11(8)7-9)14(21)20-16-18-4-5-23-16/h2-7H,17H2,1H3,(H,18,20,21). The van der Waals surface area contributed by atoms with E-state index in [0.29, 0.717) is 15.7 Å². The summed E-state index contributed by atoms with van der Waals surface area (Å²) in [6.45, 7) is 0. The third kappa shape index (κ3) is 2.45. The predicted octanol–water partition coefficient (Wildman–Crippen LogP) is 3.75. The van der Waals surface area contributed by atoms with Gasteiger partial charge in [0.25, 0.3) is 5.91 Å². The molecule has 3 N–H and O–H groups in total. The summed E-state index contributed by atoms with van der Waals surface area (Å²) in [6.07, 6.45) is 1.64. The van der Waals surface area contributed by atoms with Gasteiger partial charge in [-0.2, -0.15) is 0 Å². The van der Waals surface area contributed by atoms with E-state index in [1.807, 2.05) is 24.3 Å². The fourth-order valence-electron chi connectivity index (χ4n) is 2.41. The number of aromatic nitrogens is 2. The van der Waals surface area contributed by atoms with Crippen molar-refractivity contribution in [1.29, 1.82) is 0 Å². The van der Waals surface area contributed by atoms with Crippen molar-refractivity contribution >= 4 is 60.5 Å². The van der Waals surface area contributed by atoms with Gasteiger partial charge < -0.3 is 10.5 Å². The van der Waals surface area contributed by atoms with E-state index in [9.17, 15) is 4.79 Å². The third-order valence-corrected chi connectivity index (χ3v) is 5.38. The minimum Gasteiger partial charge on any atom is -0.497 e. The summed E-state index contributed by atoms with van der Waals surface area (Å²) in [7, 11) is 1.61. The maximum Gasteiger partial charge on any atom is 0.269 e. The van der Waals surface area contributed by atoms with Gasteiger partial charge in [-0.3, -0.25) is 10.1 Å². The molecule has 3 aromatic heterocycles. The topological polar surface area (TPSA) is 90.1 Å². The summed E-state index contributed by atoms with van der Waals surface area (Å²) in [5.41, 5.74) is 7.42. The number of anilines is 2. The van der Waals surface area contributed by atoms with Crippen LogP contribution < -0.4 is 15.8 Å². The van der Waals surface area contributed by atoms with E-state index < -0.39 is 0 Å². The van der Waals surface area contributed by atoms with Gasteiger partial charge in [0, 0.05) is 28.4 Å². The van der Waals surface area contributed by atoms with Crippen LogP contribution >= 0.6 is 22.7 Å². The number of hydrogen-bond donors (Lipinski definition) is 2. The van der Waals surface area contributed by atoms with Crippen molar-refractivity contribution in [2.75, 3.05) is 18.2 Å². The smallest absolute Gasteiger partial charge is 0.269 e. The SMILES string of the molecule is COc1ccc2cc3c(N)c(C(=O)Nc4nccs4)sc3nc2c1. The molecular weight excluding hydrogens is 344 g/mol. The number of nitrogens with zero attached hydrogens (tertiary/aromatic N) is 2. The molecule has 0 aliphatic heterocycles. The molecule has 120 valence electrons. The van der Waals surface area contributed by atoms with Crippen molar-refractivity contribution < 1.29 is 9.53 Å². The molecule has 0 radical (unpaired) electrons. The van der Waals surface area contributed by atoms with Gasteiger partial charge in [0.1, 0.15) is 15.5 Å². The number of nitrogens with one attached hydrogen (secondary N) is 1. The van der Waals surface area contributed by atoms with E-state index in [1.54, 1.807) is 18.7 Å². The summed E-state index contributed by atoms with van der Waals surface area (Å²) >= 11 is 2.63. The minimum atomic E-state index is -0.271. The molecule has 4 rings (SSSR count). The monoisotopic (exact) mass is 356 g/mol. The number of ether oxygens (including phenoxy) is 1. The summed E-state index contributed by atoms with van der Waals surface area (Å²) < 4.78 is 5.23. The molecule has 6 nitrogen and oxygen atoms in total. The molecule has 0 saturated carbocycles. The Labute approximate surface area is 144 Å². The average Bonchev–Trinajstić information content (AvgIpc) is 3.21. The second kappa shape index (κ2) is 5.73. The molecule has 0 bridgehead atoms. The summed E-state index contributed by atoms with van der Waals surface area (Å²) in [5, 5.41) is 6.81. The average molecular weight is 356 g/mol. The second-order valence-electron chi connectivity index (χ2n) is 5.04. The third-order valence-electron chi connectivity index (χ3n) is 3.58. The lowest BCUT2D eigenvalue weighted by atomic mass is 10.1. The van der Waals surface area contributed by atoms with Crippen molar-refractivity contribution in [3.8, 4) is 5.75 Å². The molecule has 24 heavy (non-hydrogen) atoms. The van der Waals surface area contributed by atoms with Crippen molar-refractivity contribution in [3.05, 3.63) is 40.7 Å². The summed E-state index contributed by atoms with van der Waals surface area (Å²) in [6, 6.07) is 7.60. The Hall–Kier alpha value is -2.71. The Balaban J connectivity index is 1.81. The highest BCUT2D eigenvalue weighted by molar-refractivity contribution is 7.21. The number of nitrogen functional groups attached to an aromatic ring is 1. The molecule has 0 atom stereocenters. The van der Waals surface area contributed by atoms with E-state index in [4.69, 9.17) is 10.5 Å². The lowest BCUT2D eigenvalue weighted by molar-refractivity contribution is 0.103. The van der Waals surface area contributed by atoms with Crippen LogP contribution in [-0.2, 0) is 0 Å². The molecule has 0 fully saturated rings. The van der Waals surface area contributed by atoms with E-state index >= 15 is 0 Å². The molecule has 1 aromatic carbocycles. The molecule has 0 spiro atoms. The van der Waals surface area contributed by atoms with Crippen LogP contribution in [0.5, 0.6) is 5.75 Å². The highest BCUT2D eigenvalue weighted by Crippen LogP contribution is 2.35. The molecule has 0 aliphatic carbocycles. The van der Waals surface area contributed by atoms with Crippen LogP contribution in [0.4, 0.5) is 10.8 Å². The normalized spacial score (nSPS) is 11.0. The summed E-state index contributed by atoms with van der Waals surface area (Å²) in [5.74, 6) is 0.465. The van der Waals surface area contributed by atoms with Crippen LogP contribution in [0.1, 0.15) is 9.67 Å². The Kier molecular flexibility index (Phi) is 3.55. The number of methoxy groups -OCH3 is 1. The zero-order valence-electron chi connectivity index (χ0n) is 12.6. The number of carbonyl (C=O) groups is 1. The van der Waals surface area contributed by atoms with E-state index in [0.717, 1.165) is 26.9 Å². The van der Waals surface area contributed by atoms with Crippen LogP contribution in [-0.4, -0.2) is 23.0 Å². The van der Waals surface area contributed by atoms with Gasteiger partial charge in [0.05, 0.1) is 18.3 Å². The van der Waals surface area contributed by atoms with Gasteiger partial charge >= 0.3 is 0 Å². The first-order valence-electron chi connectivity index (χ1n) is 7.03. The molecular formula is C16H12N4O2S2. The van der Waals surface area contributed by atoms with Gasteiger partial charge in [-0.25, -0.2) is 9.97 Å². The van der Waals surface area contributed by atoms with Gasteiger partial charge in [-0.1, -0.05) is 0 Å². The number of pyridine rings is 1. The number of hydrogen-bond acceptors (Lipinski definition) is 7. The number of benzene rings is 1. The molecule has 1 amide bonds. The Morgan fingerprint density at radius 2 is 2.21 bits per heavy atom. The highest BCUT2D eigenvalue weighted by atomic mass is 32.1. The van der Waals surface area contributed by atoms with Crippen molar-refractivity contribution in [2.45, 2.75) is 0 Å². The maximum atomic E-state index is 12.4. The molecule has 8 heteroatoms. The minimum absolute atomic E-state index is 0.271. The molecule has 3 heterocycles. The lowest BCUT2D eigenvalue weighted by Gasteiger charge is -2.02. The van der Waals surface area contributed by atoms with Gasteiger partial charge in [-0.05, 0) is 18.2 Å². The van der Waals surface area contributed by atoms with Crippen molar-refractivity contribution in [2.24, 2.45) is 0 Å². The zero-order valence-corrected chi connectivity index (χ0v) is 14.2. The van der Waals surface area contributed by atoms with Crippen LogP contribution in [0, 0.1) is 0 Å². The van der Waals surface area contributed by atoms with Gasteiger partial charge in [0.15, 0.2) is 5.13 Å². The quantitative estimate of drug-likeness (QED) is 0.583. The predicted molar refractivity (Wildman–Crippen MR) is 98.2 cm³/mol. The molecule has 0 saturated heterocycles. The Morgan fingerprint density at radius 3 is 2.96 bits per heavy atom. The first-order chi connectivity index (χ1) is 11.7. The fraction of sp³-hybridized carbons (Fsp3) is 0.0625. The Bertz CT molecular complexity index is 1060. The lowest BCUT2D eigenvalue weighted by Crippen LogP contribution is -2.11. The van der Waals surface area contributed by atoms with E-state index in [2.05, 4.69) is 15.3 Å². The Morgan fingerprint density at radius 1 is 1.33 bits per heavy atom. The first-order valence-corrected chi connectivity index (χ1v) is 8.73. The second-order valence-corrected chi connectivity index (χ2v) is 6.93. The van der Waals surface area contributed by atoms with Gasteiger partial charge in [0.2, 0.25) is 0 Å². The van der Waals surface area contributed by atoms with Gasteiger partial charge in [-0.15, -0.1) is 22.7 Å². The van der Waals surface area contributed by atoms with E-state index in [-0.39, 0.29) is 5.91 Å². The van der Waals surface area contributed by atoms with Crippen molar-refractivity contribution in [3.63, 3.8) is 0 Å². The number of amides is 1. The number of nitrogens with two attached hydrogens (primary N) is 1. The van der Waals surface area contributed by atoms with Crippen molar-refractivity contribution in [1.82, 2.24) is 9.97 Å². The number of thiazole rings is 1. The fourth-order valence-corrected chi connectivity index (χ4v) is 3.91. The number of carbonyl (C=O) groups excluding carboxylic acids is 1. The molecule has 0 aliphatic rings. The number of fused-ring (bicyclic) bond motifs is 2. The van der Waals surface area contributed by atoms with E-state index in [1.165, 1.54) is 22.7 Å². The first kappa shape index (κ1) is 14.9. The van der Waals surface area contributed by atoms with Crippen LogP contribution in [0.3, 0.4) is 0 Å². The zero-order chi connectivity index (χ0) is 16.7. The van der Waals surface area contributed by atoms with Crippen LogP contribution in [0.2, 0.25) is 0 Å². The number of rotatable bonds is 3.